The second-order valence-electron chi connectivity index (χ2n) is 5.39. The lowest BCUT2D eigenvalue weighted by atomic mass is 9.98. The van der Waals surface area contributed by atoms with E-state index in [4.69, 9.17) is 4.74 Å². The first-order valence-corrected chi connectivity index (χ1v) is 7.36. The predicted octanol–water partition coefficient (Wildman–Crippen LogP) is 3.53. The molecule has 0 fully saturated rings. The summed E-state index contributed by atoms with van der Waals surface area (Å²) < 4.78 is 18.9. The number of rotatable bonds is 3. The van der Waals surface area contributed by atoms with Crippen molar-refractivity contribution in [1.82, 2.24) is 5.01 Å². The van der Waals surface area contributed by atoms with E-state index in [9.17, 15) is 9.18 Å². The molecule has 0 unspecified atom stereocenters. The van der Waals surface area contributed by atoms with Crippen LogP contribution in [0.4, 0.5) is 4.39 Å². The molecule has 1 aliphatic rings. The summed E-state index contributed by atoms with van der Waals surface area (Å²) in [6, 6.07) is 13.5. The molecule has 3 rings (SSSR count). The fraction of sp³-hybridized carbons (Fsp3) is 0.222. The number of ether oxygens (including phenoxy) is 1. The molecule has 0 radical (unpaired) electrons. The van der Waals surface area contributed by atoms with Crippen LogP contribution < -0.4 is 4.74 Å². The fourth-order valence-corrected chi connectivity index (χ4v) is 2.82. The number of hydrogen-bond acceptors (Lipinski definition) is 3. The number of carbonyl (C=O) groups is 1. The molecule has 0 aliphatic carbocycles. The monoisotopic (exact) mass is 312 g/mol. The number of nitrogens with zero attached hydrogens (tertiary/aromatic N) is 2. The van der Waals surface area contributed by atoms with E-state index in [1.807, 2.05) is 30.3 Å². The second kappa shape index (κ2) is 6.20. The van der Waals surface area contributed by atoms with Gasteiger partial charge in [-0.25, -0.2) is 9.40 Å². The normalized spacial score (nSPS) is 17.1. The number of hydrazone groups is 1. The number of methoxy groups -OCH3 is 1. The Bertz CT molecular complexity index is 773. The highest BCUT2D eigenvalue weighted by Gasteiger charge is 2.32. The maximum atomic E-state index is 13.5. The zero-order chi connectivity index (χ0) is 16.4. The molecular formula is C18H17FN2O2. The average molecular weight is 312 g/mol. The highest BCUT2D eigenvalue weighted by molar-refractivity contribution is 6.05. The van der Waals surface area contributed by atoms with Gasteiger partial charge in [0.2, 0.25) is 5.91 Å². The Morgan fingerprint density at radius 1 is 1.26 bits per heavy atom. The summed E-state index contributed by atoms with van der Waals surface area (Å²) in [5.41, 5.74) is 2.33. The Labute approximate surface area is 134 Å². The maximum absolute atomic E-state index is 13.5. The number of amides is 1. The van der Waals surface area contributed by atoms with Gasteiger partial charge in [0, 0.05) is 18.9 Å². The zero-order valence-electron chi connectivity index (χ0n) is 13.0. The van der Waals surface area contributed by atoms with Gasteiger partial charge in [0.15, 0.2) is 0 Å². The van der Waals surface area contributed by atoms with Crippen molar-refractivity contribution >= 4 is 11.6 Å². The van der Waals surface area contributed by atoms with Gasteiger partial charge in [0.1, 0.15) is 11.6 Å². The number of carbonyl (C=O) groups excluding carboxylic acids is 1. The second-order valence-corrected chi connectivity index (χ2v) is 5.39. The summed E-state index contributed by atoms with van der Waals surface area (Å²) in [5.74, 6) is 0.204. The lowest BCUT2D eigenvalue weighted by molar-refractivity contribution is -0.130. The van der Waals surface area contributed by atoms with Crippen LogP contribution >= 0.6 is 0 Å². The summed E-state index contributed by atoms with van der Waals surface area (Å²) >= 11 is 0. The van der Waals surface area contributed by atoms with Crippen LogP contribution in [0.1, 0.15) is 30.5 Å². The number of hydrogen-bond donors (Lipinski definition) is 0. The molecule has 0 spiro atoms. The Kier molecular flexibility index (Phi) is 4.10. The van der Waals surface area contributed by atoms with Crippen molar-refractivity contribution < 1.29 is 13.9 Å². The van der Waals surface area contributed by atoms with Crippen molar-refractivity contribution in [2.24, 2.45) is 5.10 Å². The van der Waals surface area contributed by atoms with Crippen LogP contribution in [0.5, 0.6) is 5.75 Å². The molecule has 1 atom stereocenters. The molecule has 2 aromatic carbocycles. The van der Waals surface area contributed by atoms with E-state index in [1.54, 1.807) is 13.2 Å². The van der Waals surface area contributed by atoms with Gasteiger partial charge in [-0.05, 0) is 29.8 Å². The molecule has 118 valence electrons. The van der Waals surface area contributed by atoms with E-state index in [1.165, 1.54) is 24.1 Å². The van der Waals surface area contributed by atoms with Crippen molar-refractivity contribution in [1.29, 1.82) is 0 Å². The van der Waals surface area contributed by atoms with E-state index in [-0.39, 0.29) is 17.8 Å². The standard InChI is InChI=1S/C18H17FN2O2/c1-12(22)21-17(13-6-5-7-14(19)10-13)11-16(20-21)15-8-3-4-9-18(15)23-2/h3-10,17H,11H2,1-2H3/t17-/m0/s1. The Balaban J connectivity index is 1.99. The van der Waals surface area contributed by atoms with Crippen LogP contribution in [-0.4, -0.2) is 23.7 Å². The molecule has 23 heavy (non-hydrogen) atoms. The predicted molar refractivity (Wildman–Crippen MR) is 85.8 cm³/mol. The van der Waals surface area contributed by atoms with Crippen LogP contribution in [0.2, 0.25) is 0 Å². The molecule has 0 saturated carbocycles. The molecule has 1 amide bonds. The first-order chi connectivity index (χ1) is 11.1. The van der Waals surface area contributed by atoms with Crippen molar-refractivity contribution in [2.45, 2.75) is 19.4 Å². The maximum Gasteiger partial charge on any atom is 0.240 e. The first kappa shape index (κ1) is 15.2. The highest BCUT2D eigenvalue weighted by Crippen LogP contribution is 2.34. The van der Waals surface area contributed by atoms with Crippen molar-refractivity contribution in [3.8, 4) is 5.75 Å². The summed E-state index contributed by atoms with van der Waals surface area (Å²) in [7, 11) is 1.60. The van der Waals surface area contributed by atoms with Crippen LogP contribution in [0.25, 0.3) is 0 Å². The number of benzene rings is 2. The zero-order valence-corrected chi connectivity index (χ0v) is 13.0. The van der Waals surface area contributed by atoms with Gasteiger partial charge in [-0.1, -0.05) is 24.3 Å². The van der Waals surface area contributed by atoms with Crippen LogP contribution in [-0.2, 0) is 4.79 Å². The van der Waals surface area contributed by atoms with Gasteiger partial charge in [0.25, 0.3) is 0 Å². The van der Waals surface area contributed by atoms with Crippen molar-refractivity contribution in [2.75, 3.05) is 7.11 Å². The lowest BCUT2D eigenvalue weighted by Crippen LogP contribution is -2.24. The smallest absolute Gasteiger partial charge is 0.240 e. The molecule has 1 heterocycles. The Morgan fingerprint density at radius 3 is 2.74 bits per heavy atom. The van der Waals surface area contributed by atoms with Crippen molar-refractivity contribution in [3.63, 3.8) is 0 Å². The van der Waals surface area contributed by atoms with Gasteiger partial charge >= 0.3 is 0 Å². The van der Waals surface area contributed by atoms with Gasteiger partial charge in [-0.15, -0.1) is 0 Å². The molecule has 0 saturated heterocycles. The molecule has 0 bridgehead atoms. The van der Waals surface area contributed by atoms with Crippen LogP contribution in [0, 0.1) is 5.82 Å². The molecule has 2 aromatic rings. The van der Waals surface area contributed by atoms with Gasteiger partial charge in [-0.3, -0.25) is 4.79 Å². The first-order valence-electron chi connectivity index (χ1n) is 7.36. The lowest BCUT2D eigenvalue weighted by Gasteiger charge is -2.20. The minimum atomic E-state index is -0.322. The Morgan fingerprint density at radius 2 is 2.04 bits per heavy atom. The van der Waals surface area contributed by atoms with E-state index in [0.29, 0.717) is 12.2 Å². The molecule has 0 N–H and O–H groups in total. The average Bonchev–Trinajstić information content (AvgIpc) is 3.00. The topological polar surface area (TPSA) is 41.9 Å². The SMILES string of the molecule is COc1ccccc1C1=NN(C(C)=O)[C@H](c2cccc(F)c2)C1. The molecule has 0 aromatic heterocycles. The minimum absolute atomic E-state index is 0.177. The van der Waals surface area contributed by atoms with E-state index in [0.717, 1.165) is 16.8 Å². The van der Waals surface area contributed by atoms with Gasteiger partial charge in [0.05, 0.1) is 18.9 Å². The molecule has 1 aliphatic heterocycles. The van der Waals surface area contributed by atoms with Crippen LogP contribution in [0.3, 0.4) is 0 Å². The highest BCUT2D eigenvalue weighted by atomic mass is 19.1. The van der Waals surface area contributed by atoms with E-state index < -0.39 is 0 Å². The Hall–Kier alpha value is -2.69. The third-order valence-corrected chi connectivity index (χ3v) is 3.88. The molecule has 4 nitrogen and oxygen atoms in total. The minimum Gasteiger partial charge on any atom is -0.496 e. The fourth-order valence-electron chi connectivity index (χ4n) is 2.82. The molecule has 5 heteroatoms. The third-order valence-electron chi connectivity index (χ3n) is 3.88. The van der Waals surface area contributed by atoms with E-state index in [2.05, 4.69) is 5.10 Å². The van der Waals surface area contributed by atoms with E-state index >= 15 is 0 Å². The van der Waals surface area contributed by atoms with Crippen molar-refractivity contribution in [3.05, 3.63) is 65.5 Å². The largest absolute Gasteiger partial charge is 0.496 e. The quantitative estimate of drug-likeness (QED) is 0.870. The summed E-state index contributed by atoms with van der Waals surface area (Å²) in [5, 5.41) is 5.87. The van der Waals surface area contributed by atoms with Gasteiger partial charge in [-0.2, -0.15) is 5.10 Å². The number of halogens is 1. The number of para-hydroxylation sites is 1. The van der Waals surface area contributed by atoms with Gasteiger partial charge < -0.3 is 4.74 Å². The summed E-state index contributed by atoms with van der Waals surface area (Å²) in [4.78, 5) is 11.9. The molecular weight excluding hydrogens is 295 g/mol. The van der Waals surface area contributed by atoms with Crippen LogP contribution in [0.15, 0.2) is 53.6 Å². The summed E-state index contributed by atoms with van der Waals surface area (Å²) in [6.45, 7) is 1.46. The summed E-state index contributed by atoms with van der Waals surface area (Å²) in [6.07, 6.45) is 0.517. The third kappa shape index (κ3) is 2.95.